The van der Waals surface area contributed by atoms with E-state index in [-0.39, 0.29) is 11.9 Å². The molecule has 0 spiro atoms. The van der Waals surface area contributed by atoms with Crippen molar-refractivity contribution in [1.29, 1.82) is 0 Å². The topological polar surface area (TPSA) is 135 Å². The minimum Gasteiger partial charge on any atom is -0.457 e. The standard InChI is InChI=1S/C33H47NO10/c1-27(2,3)44-26(39)34-18-11-13-21(41-25(38)33-17-15-31(9,23(36)43-33)29(33,6)7)19(34)10-12-20(18)40-24(37)32-16-14-30(8,22(35)42-32)28(32,4)5/h18-21H,10-17H2,1-9H3/t18-,19-,20-,21-,30-,31-,32+,33+/m0/s1. The maximum absolute atomic E-state index is 13.9. The number of esters is 4. The summed E-state index contributed by atoms with van der Waals surface area (Å²) in [6.07, 6.45) is 1.62. The van der Waals surface area contributed by atoms with E-state index in [0.29, 0.717) is 51.4 Å². The molecule has 2 aliphatic carbocycles. The first kappa shape index (κ1) is 31.1. The van der Waals surface area contributed by atoms with E-state index >= 15 is 0 Å². The van der Waals surface area contributed by atoms with E-state index in [4.69, 9.17) is 23.7 Å². The summed E-state index contributed by atoms with van der Waals surface area (Å²) < 4.78 is 29.7. The molecule has 44 heavy (non-hydrogen) atoms. The number of nitrogens with zero attached hydrogens (tertiary/aromatic N) is 1. The van der Waals surface area contributed by atoms with Gasteiger partial charge in [-0.3, -0.25) is 14.5 Å². The fraction of sp³-hybridized carbons (Fsp3) is 0.848. The molecule has 6 aliphatic rings. The quantitative estimate of drug-likeness (QED) is 0.325. The van der Waals surface area contributed by atoms with Crippen LogP contribution in [0, 0.1) is 21.7 Å². The Balaban J connectivity index is 1.24. The predicted octanol–water partition coefficient (Wildman–Crippen LogP) is 4.62. The first-order valence-electron chi connectivity index (χ1n) is 16.1. The number of fused-ring (bicyclic) bond motifs is 6. The van der Waals surface area contributed by atoms with Crippen LogP contribution in [0.15, 0.2) is 0 Å². The van der Waals surface area contributed by atoms with Gasteiger partial charge >= 0.3 is 30.0 Å². The SMILES string of the molecule is CC(C)(C)OC(=O)N1[C@H]2CC[C@H](OC(=O)[C@@]34CC[C@@](C)(C(=O)O3)C4(C)C)[C@@H]1CC[C@@H]2OC(=O)[C@@]12CC[C@@](C)(C(=O)O1)C2(C)C. The Bertz CT molecular complexity index is 1250. The zero-order chi connectivity index (χ0) is 32.5. The molecule has 1 amide bonds. The number of amides is 1. The van der Waals surface area contributed by atoms with Gasteiger partial charge in [0.15, 0.2) is 0 Å². The summed E-state index contributed by atoms with van der Waals surface area (Å²) in [6.45, 7) is 16.5. The summed E-state index contributed by atoms with van der Waals surface area (Å²) in [5, 5.41) is 0. The van der Waals surface area contributed by atoms with E-state index in [9.17, 15) is 24.0 Å². The van der Waals surface area contributed by atoms with Gasteiger partial charge in [0.1, 0.15) is 17.8 Å². The van der Waals surface area contributed by atoms with Gasteiger partial charge in [-0.25, -0.2) is 14.4 Å². The van der Waals surface area contributed by atoms with Gasteiger partial charge in [-0.2, -0.15) is 0 Å². The zero-order valence-electron chi connectivity index (χ0n) is 27.5. The van der Waals surface area contributed by atoms with Crippen molar-refractivity contribution < 1.29 is 47.7 Å². The van der Waals surface area contributed by atoms with Crippen LogP contribution in [0.25, 0.3) is 0 Å². The molecule has 0 aromatic rings. The predicted molar refractivity (Wildman–Crippen MR) is 154 cm³/mol. The highest BCUT2D eigenvalue weighted by atomic mass is 16.6. The Morgan fingerprint density at radius 1 is 0.682 bits per heavy atom. The molecular formula is C33H47NO10. The molecule has 11 nitrogen and oxygen atoms in total. The van der Waals surface area contributed by atoms with Crippen LogP contribution in [-0.4, -0.2) is 76.0 Å². The van der Waals surface area contributed by atoms with Crippen molar-refractivity contribution in [3.63, 3.8) is 0 Å². The number of hydrogen-bond donors (Lipinski definition) is 0. The van der Waals surface area contributed by atoms with Crippen molar-refractivity contribution in [2.75, 3.05) is 0 Å². The summed E-state index contributed by atoms with van der Waals surface area (Å²) in [5.41, 5.74) is -6.59. The lowest BCUT2D eigenvalue weighted by atomic mass is 9.66. The molecule has 244 valence electrons. The summed E-state index contributed by atoms with van der Waals surface area (Å²) in [4.78, 5) is 68.6. The normalized spacial score (nSPS) is 42.9. The van der Waals surface area contributed by atoms with Gasteiger partial charge in [0, 0.05) is 10.8 Å². The Morgan fingerprint density at radius 3 is 1.36 bits per heavy atom. The van der Waals surface area contributed by atoms with Crippen molar-refractivity contribution in [3.05, 3.63) is 0 Å². The van der Waals surface area contributed by atoms with E-state index in [0.717, 1.165) is 0 Å². The second kappa shape index (κ2) is 9.12. The van der Waals surface area contributed by atoms with Crippen LogP contribution < -0.4 is 0 Å². The number of carbonyl (C=O) groups is 5. The fourth-order valence-corrected chi connectivity index (χ4v) is 9.04. The average molecular weight is 618 g/mol. The van der Waals surface area contributed by atoms with Crippen LogP contribution in [0.1, 0.15) is 114 Å². The molecule has 0 radical (unpaired) electrons. The number of ether oxygens (including phenoxy) is 5. The van der Waals surface area contributed by atoms with Gasteiger partial charge in [0.2, 0.25) is 11.2 Å². The maximum atomic E-state index is 13.9. The first-order chi connectivity index (χ1) is 20.2. The molecule has 0 aromatic heterocycles. The molecule has 4 saturated heterocycles. The van der Waals surface area contributed by atoms with E-state index in [2.05, 4.69) is 0 Å². The molecule has 4 heterocycles. The highest BCUT2D eigenvalue weighted by molar-refractivity contribution is 5.94. The molecule has 8 atom stereocenters. The maximum Gasteiger partial charge on any atom is 0.411 e. The van der Waals surface area contributed by atoms with Crippen LogP contribution in [0.5, 0.6) is 0 Å². The van der Waals surface area contributed by atoms with E-state index < -0.39 is 80.8 Å². The van der Waals surface area contributed by atoms with Gasteiger partial charge in [-0.15, -0.1) is 0 Å². The zero-order valence-corrected chi connectivity index (χ0v) is 27.5. The van der Waals surface area contributed by atoms with Crippen LogP contribution in [0.2, 0.25) is 0 Å². The van der Waals surface area contributed by atoms with Gasteiger partial charge in [-0.1, -0.05) is 27.7 Å². The lowest BCUT2D eigenvalue weighted by molar-refractivity contribution is -0.202. The largest absolute Gasteiger partial charge is 0.457 e. The highest BCUT2D eigenvalue weighted by Gasteiger charge is 2.78. The van der Waals surface area contributed by atoms with Gasteiger partial charge in [-0.05, 0) is 86.0 Å². The Kier molecular flexibility index (Phi) is 6.45. The number of piperidine rings is 2. The minimum atomic E-state index is -1.38. The lowest BCUT2D eigenvalue weighted by Crippen LogP contribution is -2.65. The summed E-state index contributed by atoms with van der Waals surface area (Å²) in [6, 6.07) is -1.03. The van der Waals surface area contributed by atoms with Crippen LogP contribution in [0.3, 0.4) is 0 Å². The Labute approximate surface area is 259 Å². The van der Waals surface area contributed by atoms with Crippen molar-refractivity contribution >= 4 is 30.0 Å². The second-order valence-electron chi connectivity index (χ2n) is 16.4. The Morgan fingerprint density at radius 2 is 1.07 bits per heavy atom. The fourth-order valence-electron chi connectivity index (χ4n) is 9.04. The number of carbonyl (C=O) groups excluding carboxylic acids is 5. The third kappa shape index (κ3) is 3.70. The summed E-state index contributed by atoms with van der Waals surface area (Å²) >= 11 is 0. The van der Waals surface area contributed by atoms with Gasteiger partial charge in [0.05, 0.1) is 22.9 Å². The molecule has 2 saturated carbocycles. The number of hydrogen-bond acceptors (Lipinski definition) is 10. The number of rotatable bonds is 4. The van der Waals surface area contributed by atoms with E-state index in [1.54, 1.807) is 25.7 Å². The summed E-state index contributed by atoms with van der Waals surface area (Å²) in [7, 11) is 0. The average Bonchev–Trinajstić information content (AvgIpc) is 3.38. The monoisotopic (exact) mass is 617 g/mol. The van der Waals surface area contributed by atoms with E-state index in [1.807, 2.05) is 41.5 Å². The molecule has 0 N–H and O–H groups in total. The molecule has 0 aromatic carbocycles. The van der Waals surface area contributed by atoms with Crippen LogP contribution in [-0.2, 0) is 42.9 Å². The molecule has 6 fully saturated rings. The summed E-state index contributed by atoms with van der Waals surface area (Å²) in [5.74, 6) is -1.92. The molecule has 11 heteroatoms. The molecule has 0 unspecified atom stereocenters. The Hall–Kier alpha value is -2.85. The molecule has 6 rings (SSSR count). The highest BCUT2D eigenvalue weighted by Crippen LogP contribution is 2.67. The van der Waals surface area contributed by atoms with Gasteiger partial charge < -0.3 is 23.7 Å². The van der Waals surface area contributed by atoms with Gasteiger partial charge in [0.25, 0.3) is 0 Å². The molecule has 4 aliphatic heterocycles. The van der Waals surface area contributed by atoms with Crippen molar-refractivity contribution in [2.24, 2.45) is 21.7 Å². The minimum absolute atomic E-state index is 0.384. The molecular weight excluding hydrogens is 570 g/mol. The van der Waals surface area contributed by atoms with Crippen molar-refractivity contribution in [1.82, 2.24) is 4.90 Å². The molecule has 6 bridgehead atoms. The van der Waals surface area contributed by atoms with Crippen LogP contribution >= 0.6 is 0 Å². The van der Waals surface area contributed by atoms with Crippen LogP contribution in [0.4, 0.5) is 4.79 Å². The lowest BCUT2D eigenvalue weighted by Gasteiger charge is -2.52. The second-order valence-corrected chi connectivity index (χ2v) is 16.4. The van der Waals surface area contributed by atoms with Crippen molar-refractivity contribution in [2.45, 2.75) is 155 Å². The van der Waals surface area contributed by atoms with Crippen molar-refractivity contribution in [3.8, 4) is 0 Å². The third-order valence-electron chi connectivity index (χ3n) is 13.0. The first-order valence-corrected chi connectivity index (χ1v) is 16.1. The third-order valence-corrected chi connectivity index (χ3v) is 13.0. The smallest absolute Gasteiger partial charge is 0.411 e. The van der Waals surface area contributed by atoms with E-state index in [1.165, 1.54) is 0 Å².